The van der Waals surface area contributed by atoms with Crippen LogP contribution in [0.1, 0.15) is 38.7 Å². The van der Waals surface area contributed by atoms with E-state index in [4.69, 9.17) is 9.47 Å². The van der Waals surface area contributed by atoms with Crippen molar-refractivity contribution in [1.82, 2.24) is 0 Å². The van der Waals surface area contributed by atoms with Gasteiger partial charge in [0.05, 0.1) is 25.5 Å². The van der Waals surface area contributed by atoms with E-state index in [0.717, 1.165) is 30.1 Å². The Morgan fingerprint density at radius 2 is 1.60 bits per heavy atom. The molecule has 0 amide bonds. The molecular formula is C16H25NO3. The number of nitrogens with zero attached hydrogens (tertiary/aromatic N) is 1. The average Bonchev–Trinajstić information content (AvgIpc) is 2.45. The van der Waals surface area contributed by atoms with Gasteiger partial charge in [0.1, 0.15) is 11.5 Å². The standard InChI is InChI=1S/C16H25NO3/c1-16(2,18)12-10-15(20-4)13(11-14(12)19-3)17-8-6-5-7-9-17/h10-11,18H,5-9H2,1-4H3. The van der Waals surface area contributed by atoms with Crippen molar-refractivity contribution in [1.29, 1.82) is 0 Å². The third-order valence-electron chi connectivity index (χ3n) is 3.86. The Kier molecular flexibility index (Phi) is 4.43. The molecule has 1 aliphatic heterocycles. The van der Waals surface area contributed by atoms with Crippen LogP contribution in [-0.4, -0.2) is 32.4 Å². The molecule has 0 bridgehead atoms. The van der Waals surface area contributed by atoms with Crippen LogP contribution in [0.15, 0.2) is 12.1 Å². The smallest absolute Gasteiger partial charge is 0.142 e. The molecule has 1 fully saturated rings. The van der Waals surface area contributed by atoms with E-state index in [-0.39, 0.29) is 0 Å². The minimum absolute atomic E-state index is 0.707. The van der Waals surface area contributed by atoms with Gasteiger partial charge in [-0.3, -0.25) is 0 Å². The minimum Gasteiger partial charge on any atom is -0.496 e. The summed E-state index contributed by atoms with van der Waals surface area (Å²) in [5, 5.41) is 10.3. The van der Waals surface area contributed by atoms with E-state index in [2.05, 4.69) is 4.90 Å². The quantitative estimate of drug-likeness (QED) is 0.920. The second kappa shape index (κ2) is 5.92. The summed E-state index contributed by atoms with van der Waals surface area (Å²) in [5.74, 6) is 1.50. The van der Waals surface area contributed by atoms with Crippen LogP contribution in [-0.2, 0) is 5.60 Å². The predicted octanol–water partition coefficient (Wildman–Crippen LogP) is 2.92. The molecule has 0 saturated carbocycles. The van der Waals surface area contributed by atoms with Gasteiger partial charge in [-0.15, -0.1) is 0 Å². The molecule has 0 atom stereocenters. The summed E-state index contributed by atoms with van der Waals surface area (Å²) in [7, 11) is 3.31. The van der Waals surface area contributed by atoms with E-state index < -0.39 is 5.60 Å². The van der Waals surface area contributed by atoms with Gasteiger partial charge in [0.15, 0.2) is 0 Å². The lowest BCUT2D eigenvalue weighted by Crippen LogP contribution is -2.30. The number of hydrogen-bond acceptors (Lipinski definition) is 4. The molecule has 1 aliphatic rings. The van der Waals surface area contributed by atoms with E-state index in [9.17, 15) is 5.11 Å². The molecule has 4 nitrogen and oxygen atoms in total. The van der Waals surface area contributed by atoms with Crippen molar-refractivity contribution < 1.29 is 14.6 Å². The fourth-order valence-corrected chi connectivity index (χ4v) is 2.74. The summed E-state index contributed by atoms with van der Waals surface area (Å²) < 4.78 is 11.0. The number of hydrogen-bond donors (Lipinski definition) is 1. The zero-order valence-corrected chi connectivity index (χ0v) is 12.9. The van der Waals surface area contributed by atoms with Crippen LogP contribution >= 0.6 is 0 Å². The van der Waals surface area contributed by atoms with E-state index in [1.165, 1.54) is 19.3 Å². The summed E-state index contributed by atoms with van der Waals surface area (Å²) in [6, 6.07) is 3.88. The molecule has 1 N–H and O–H groups in total. The second-order valence-corrected chi connectivity index (χ2v) is 5.83. The topological polar surface area (TPSA) is 41.9 Å². The van der Waals surface area contributed by atoms with Gasteiger partial charge in [0, 0.05) is 24.7 Å². The van der Waals surface area contributed by atoms with Crippen LogP contribution in [0.25, 0.3) is 0 Å². The molecule has 1 aromatic rings. The van der Waals surface area contributed by atoms with Gasteiger partial charge in [-0.1, -0.05) is 0 Å². The van der Waals surface area contributed by atoms with Crippen molar-refractivity contribution >= 4 is 5.69 Å². The number of rotatable bonds is 4. The average molecular weight is 279 g/mol. The molecule has 20 heavy (non-hydrogen) atoms. The Labute approximate surface area is 121 Å². The first kappa shape index (κ1) is 15.0. The maximum atomic E-state index is 10.3. The SMILES string of the molecule is COc1cc(C(C)(C)O)c(OC)cc1N1CCCCC1. The highest BCUT2D eigenvalue weighted by Gasteiger charge is 2.25. The van der Waals surface area contributed by atoms with E-state index >= 15 is 0 Å². The Bertz CT molecular complexity index is 460. The van der Waals surface area contributed by atoms with Crippen molar-refractivity contribution in [3.05, 3.63) is 17.7 Å². The van der Waals surface area contributed by atoms with Crippen LogP contribution in [0, 0.1) is 0 Å². The Hall–Kier alpha value is -1.42. The molecule has 0 spiro atoms. The number of aliphatic hydroxyl groups is 1. The lowest BCUT2D eigenvalue weighted by molar-refractivity contribution is 0.0754. The molecule has 1 saturated heterocycles. The van der Waals surface area contributed by atoms with Crippen molar-refractivity contribution in [2.24, 2.45) is 0 Å². The zero-order valence-electron chi connectivity index (χ0n) is 12.9. The zero-order chi connectivity index (χ0) is 14.8. The maximum absolute atomic E-state index is 10.3. The summed E-state index contributed by atoms with van der Waals surface area (Å²) in [6.07, 6.45) is 3.70. The summed E-state index contributed by atoms with van der Waals surface area (Å²) in [6.45, 7) is 5.60. The van der Waals surface area contributed by atoms with Crippen LogP contribution in [0.4, 0.5) is 5.69 Å². The molecule has 4 heteroatoms. The molecule has 1 heterocycles. The first-order valence-electron chi connectivity index (χ1n) is 7.21. The van der Waals surface area contributed by atoms with E-state index in [1.54, 1.807) is 28.1 Å². The van der Waals surface area contributed by atoms with Gasteiger partial charge >= 0.3 is 0 Å². The van der Waals surface area contributed by atoms with Crippen LogP contribution in [0.5, 0.6) is 11.5 Å². The molecule has 0 radical (unpaired) electrons. The van der Waals surface area contributed by atoms with Crippen LogP contribution in [0.2, 0.25) is 0 Å². The van der Waals surface area contributed by atoms with Crippen LogP contribution in [0.3, 0.4) is 0 Å². The lowest BCUT2D eigenvalue weighted by Gasteiger charge is -2.31. The van der Waals surface area contributed by atoms with Crippen LogP contribution < -0.4 is 14.4 Å². The van der Waals surface area contributed by atoms with Gasteiger partial charge in [-0.05, 0) is 39.2 Å². The third kappa shape index (κ3) is 3.01. The Balaban J connectivity index is 2.46. The first-order valence-corrected chi connectivity index (χ1v) is 7.21. The van der Waals surface area contributed by atoms with Crippen molar-refractivity contribution in [3.8, 4) is 11.5 Å². The molecule has 2 rings (SSSR count). The monoisotopic (exact) mass is 279 g/mol. The molecule has 112 valence electrons. The molecule has 0 aliphatic carbocycles. The van der Waals surface area contributed by atoms with Gasteiger partial charge < -0.3 is 19.5 Å². The van der Waals surface area contributed by atoms with Gasteiger partial charge in [-0.2, -0.15) is 0 Å². The normalized spacial score (nSPS) is 16.1. The fraction of sp³-hybridized carbons (Fsp3) is 0.625. The molecule has 0 unspecified atom stereocenters. The Morgan fingerprint density at radius 3 is 2.10 bits per heavy atom. The number of ether oxygens (including phenoxy) is 2. The summed E-state index contributed by atoms with van der Waals surface area (Å²) in [4.78, 5) is 2.33. The first-order chi connectivity index (χ1) is 9.47. The minimum atomic E-state index is -0.959. The Morgan fingerprint density at radius 1 is 1.00 bits per heavy atom. The van der Waals surface area contributed by atoms with Crippen molar-refractivity contribution in [3.63, 3.8) is 0 Å². The number of benzene rings is 1. The summed E-state index contributed by atoms with van der Waals surface area (Å²) in [5.41, 5.74) is 0.841. The highest BCUT2D eigenvalue weighted by molar-refractivity contribution is 5.65. The lowest BCUT2D eigenvalue weighted by atomic mass is 9.96. The van der Waals surface area contributed by atoms with Gasteiger partial charge in [-0.25, -0.2) is 0 Å². The largest absolute Gasteiger partial charge is 0.496 e. The highest BCUT2D eigenvalue weighted by Crippen LogP contribution is 2.40. The highest BCUT2D eigenvalue weighted by atomic mass is 16.5. The second-order valence-electron chi connectivity index (χ2n) is 5.83. The van der Waals surface area contributed by atoms with E-state index in [1.807, 2.05) is 12.1 Å². The third-order valence-corrected chi connectivity index (χ3v) is 3.86. The molecule has 1 aromatic carbocycles. The number of anilines is 1. The number of piperidine rings is 1. The van der Waals surface area contributed by atoms with E-state index in [0.29, 0.717) is 5.75 Å². The van der Waals surface area contributed by atoms with Gasteiger partial charge in [0.2, 0.25) is 0 Å². The number of methoxy groups -OCH3 is 2. The summed E-state index contributed by atoms with van der Waals surface area (Å²) >= 11 is 0. The maximum Gasteiger partial charge on any atom is 0.142 e. The molecule has 0 aromatic heterocycles. The predicted molar refractivity (Wildman–Crippen MR) is 80.9 cm³/mol. The van der Waals surface area contributed by atoms with Crippen molar-refractivity contribution in [2.75, 3.05) is 32.2 Å². The molecular weight excluding hydrogens is 254 g/mol. The van der Waals surface area contributed by atoms with Crippen molar-refractivity contribution in [2.45, 2.75) is 38.7 Å². The van der Waals surface area contributed by atoms with Gasteiger partial charge in [0.25, 0.3) is 0 Å². The fourth-order valence-electron chi connectivity index (χ4n) is 2.74.